The average Bonchev–Trinajstić information content (AvgIpc) is 2.54. The van der Waals surface area contributed by atoms with Crippen LogP contribution >= 0.6 is 0 Å². The number of nitriles is 1. The molecule has 5 nitrogen and oxygen atoms in total. The Morgan fingerprint density at radius 2 is 2.00 bits per heavy atom. The van der Waals surface area contributed by atoms with E-state index >= 15 is 0 Å². The van der Waals surface area contributed by atoms with Gasteiger partial charge in [-0.05, 0) is 49.9 Å². The molecule has 6 heteroatoms. The van der Waals surface area contributed by atoms with Crippen molar-refractivity contribution >= 4 is 9.84 Å². The largest absolute Gasteiger partial charge is 0.396 e. The number of hydrogen-bond acceptors (Lipinski definition) is 5. The van der Waals surface area contributed by atoms with E-state index in [0.29, 0.717) is 18.2 Å². The van der Waals surface area contributed by atoms with Crippen LogP contribution in [-0.4, -0.2) is 49.9 Å². The lowest BCUT2D eigenvalue weighted by molar-refractivity contribution is 0.0879. The van der Waals surface area contributed by atoms with Crippen LogP contribution in [0.4, 0.5) is 0 Å². The van der Waals surface area contributed by atoms with Gasteiger partial charge in [0.2, 0.25) is 0 Å². The van der Waals surface area contributed by atoms with Crippen LogP contribution in [0.2, 0.25) is 0 Å². The maximum Gasteiger partial charge on any atom is 0.179 e. The average molecular weight is 322 g/mol. The van der Waals surface area contributed by atoms with Crippen LogP contribution in [0.3, 0.4) is 0 Å². The van der Waals surface area contributed by atoms with Crippen molar-refractivity contribution in [2.75, 3.05) is 25.4 Å². The molecular weight excluding hydrogens is 300 g/mol. The van der Waals surface area contributed by atoms with Gasteiger partial charge in [-0.15, -0.1) is 0 Å². The zero-order valence-corrected chi connectivity index (χ0v) is 13.6. The zero-order valence-electron chi connectivity index (χ0n) is 12.8. The Kier molecular flexibility index (Phi) is 5.57. The third-order valence-corrected chi connectivity index (χ3v) is 6.07. The molecule has 0 aliphatic carbocycles. The molecule has 1 heterocycles. The van der Waals surface area contributed by atoms with Crippen molar-refractivity contribution in [1.82, 2.24) is 4.90 Å². The summed E-state index contributed by atoms with van der Waals surface area (Å²) in [6.45, 7) is 3.48. The van der Waals surface area contributed by atoms with Gasteiger partial charge in [-0.2, -0.15) is 5.26 Å². The topological polar surface area (TPSA) is 81.4 Å². The summed E-state index contributed by atoms with van der Waals surface area (Å²) in [6.07, 6.45) is 1.98. The third-order valence-electron chi connectivity index (χ3n) is 4.36. The Balaban J connectivity index is 2.01. The predicted octanol–water partition coefficient (Wildman–Crippen LogP) is 1.42. The number of benzene rings is 1. The molecule has 0 radical (unpaired) electrons. The van der Waals surface area contributed by atoms with Crippen molar-refractivity contribution in [2.45, 2.75) is 30.7 Å². The van der Waals surface area contributed by atoms with Gasteiger partial charge in [0.25, 0.3) is 0 Å². The first-order valence-electron chi connectivity index (χ1n) is 7.54. The van der Waals surface area contributed by atoms with E-state index < -0.39 is 9.84 Å². The summed E-state index contributed by atoms with van der Waals surface area (Å²) >= 11 is 0. The predicted molar refractivity (Wildman–Crippen MR) is 84.1 cm³/mol. The summed E-state index contributed by atoms with van der Waals surface area (Å²) in [7, 11) is -3.35. The van der Waals surface area contributed by atoms with Crippen LogP contribution in [0.15, 0.2) is 29.2 Å². The number of piperidine rings is 1. The number of hydrogen-bond donors (Lipinski definition) is 1. The highest BCUT2D eigenvalue weighted by Gasteiger charge is 2.26. The van der Waals surface area contributed by atoms with Crippen molar-refractivity contribution in [3.63, 3.8) is 0 Å². The minimum Gasteiger partial charge on any atom is -0.396 e. The van der Waals surface area contributed by atoms with E-state index in [9.17, 15) is 13.5 Å². The molecule has 1 saturated heterocycles. The number of sulfone groups is 1. The monoisotopic (exact) mass is 322 g/mol. The van der Waals surface area contributed by atoms with Gasteiger partial charge in [0, 0.05) is 25.7 Å². The van der Waals surface area contributed by atoms with E-state index in [1.807, 2.05) is 6.07 Å². The Bertz CT molecular complexity index is 634. The van der Waals surface area contributed by atoms with E-state index in [1.165, 1.54) is 24.3 Å². The Hall–Kier alpha value is -1.42. The molecule has 2 rings (SSSR count). The van der Waals surface area contributed by atoms with Gasteiger partial charge in [-0.3, -0.25) is 4.90 Å². The summed E-state index contributed by atoms with van der Waals surface area (Å²) < 4.78 is 24.7. The first kappa shape index (κ1) is 16.9. The smallest absolute Gasteiger partial charge is 0.179 e. The van der Waals surface area contributed by atoms with E-state index in [2.05, 4.69) is 11.8 Å². The SMILES string of the molecule is CC1CCC(CO)CN1CCS(=O)(=O)c1ccc(C#N)cc1. The van der Waals surface area contributed by atoms with Crippen molar-refractivity contribution < 1.29 is 13.5 Å². The first-order chi connectivity index (χ1) is 10.5. The first-order valence-corrected chi connectivity index (χ1v) is 9.19. The van der Waals surface area contributed by atoms with E-state index in [-0.39, 0.29) is 23.2 Å². The molecule has 2 atom stereocenters. The summed E-state index contributed by atoms with van der Waals surface area (Å²) in [4.78, 5) is 2.40. The van der Waals surface area contributed by atoms with Gasteiger partial charge in [0.05, 0.1) is 22.3 Å². The van der Waals surface area contributed by atoms with Gasteiger partial charge in [-0.1, -0.05) is 0 Å². The lowest BCUT2D eigenvalue weighted by Gasteiger charge is -2.37. The Morgan fingerprint density at radius 3 is 2.59 bits per heavy atom. The van der Waals surface area contributed by atoms with Crippen LogP contribution < -0.4 is 0 Å². The van der Waals surface area contributed by atoms with Gasteiger partial charge in [0.15, 0.2) is 9.84 Å². The van der Waals surface area contributed by atoms with Crippen LogP contribution in [0.5, 0.6) is 0 Å². The maximum atomic E-state index is 12.4. The summed E-state index contributed by atoms with van der Waals surface area (Å²) in [6, 6.07) is 8.36. The second-order valence-corrected chi connectivity index (χ2v) is 8.03. The van der Waals surface area contributed by atoms with Gasteiger partial charge >= 0.3 is 0 Å². The second-order valence-electron chi connectivity index (χ2n) is 5.92. The minimum atomic E-state index is -3.35. The molecule has 0 bridgehead atoms. The van der Waals surface area contributed by atoms with Crippen LogP contribution in [-0.2, 0) is 9.84 Å². The molecule has 2 unspecified atom stereocenters. The van der Waals surface area contributed by atoms with E-state index in [1.54, 1.807) is 0 Å². The number of likely N-dealkylation sites (tertiary alicyclic amines) is 1. The summed E-state index contributed by atoms with van der Waals surface area (Å²) in [5.41, 5.74) is 0.453. The molecule has 1 fully saturated rings. The lowest BCUT2D eigenvalue weighted by atomic mass is 9.94. The number of aliphatic hydroxyl groups is 1. The van der Waals surface area contributed by atoms with Crippen molar-refractivity contribution in [3.05, 3.63) is 29.8 Å². The summed E-state index contributed by atoms with van der Waals surface area (Å²) in [5, 5.41) is 18.0. The van der Waals surface area contributed by atoms with Crippen molar-refractivity contribution in [1.29, 1.82) is 5.26 Å². The molecule has 1 aromatic rings. The third kappa shape index (κ3) is 4.07. The van der Waals surface area contributed by atoms with Crippen LogP contribution in [0, 0.1) is 17.2 Å². The number of aliphatic hydroxyl groups excluding tert-OH is 1. The zero-order chi connectivity index (χ0) is 16.2. The Labute approximate surface area is 132 Å². The highest BCUT2D eigenvalue weighted by atomic mass is 32.2. The fourth-order valence-corrected chi connectivity index (χ4v) is 4.08. The van der Waals surface area contributed by atoms with Crippen LogP contribution in [0.25, 0.3) is 0 Å². The normalized spacial score (nSPS) is 23.1. The standard InChI is InChI=1S/C16H22N2O3S/c1-13-2-3-15(12-19)11-18(13)8-9-22(20,21)16-6-4-14(10-17)5-7-16/h4-7,13,15,19H,2-3,8-9,11-12H2,1H3. The molecule has 22 heavy (non-hydrogen) atoms. The fourth-order valence-electron chi connectivity index (χ4n) is 2.82. The molecule has 1 aliphatic rings. The molecule has 0 aromatic heterocycles. The highest BCUT2D eigenvalue weighted by Crippen LogP contribution is 2.22. The quantitative estimate of drug-likeness (QED) is 0.887. The number of rotatable bonds is 5. The summed E-state index contributed by atoms with van der Waals surface area (Å²) in [5.74, 6) is 0.301. The van der Waals surface area contributed by atoms with Crippen LogP contribution in [0.1, 0.15) is 25.3 Å². The van der Waals surface area contributed by atoms with Crippen molar-refractivity contribution in [2.24, 2.45) is 5.92 Å². The molecule has 0 amide bonds. The molecule has 1 aromatic carbocycles. The van der Waals surface area contributed by atoms with Crippen molar-refractivity contribution in [3.8, 4) is 6.07 Å². The molecule has 0 spiro atoms. The van der Waals surface area contributed by atoms with E-state index in [4.69, 9.17) is 5.26 Å². The van der Waals surface area contributed by atoms with Gasteiger partial charge < -0.3 is 5.11 Å². The Morgan fingerprint density at radius 1 is 1.32 bits per heavy atom. The highest BCUT2D eigenvalue weighted by molar-refractivity contribution is 7.91. The minimum absolute atomic E-state index is 0.0569. The maximum absolute atomic E-state index is 12.4. The second kappa shape index (κ2) is 7.23. The molecule has 120 valence electrons. The molecule has 0 saturated carbocycles. The molecule has 1 aliphatic heterocycles. The van der Waals surface area contributed by atoms with E-state index in [0.717, 1.165) is 19.4 Å². The fraction of sp³-hybridized carbons (Fsp3) is 0.562. The number of nitrogens with zero attached hydrogens (tertiary/aromatic N) is 2. The van der Waals surface area contributed by atoms with Gasteiger partial charge in [0.1, 0.15) is 0 Å². The molecular formula is C16H22N2O3S. The molecule has 1 N–H and O–H groups in total. The lowest BCUT2D eigenvalue weighted by Crippen LogP contribution is -2.44. The van der Waals surface area contributed by atoms with Gasteiger partial charge in [-0.25, -0.2) is 8.42 Å².